The van der Waals surface area contributed by atoms with Gasteiger partial charge >= 0.3 is 5.97 Å². The van der Waals surface area contributed by atoms with Crippen LogP contribution in [0.3, 0.4) is 0 Å². The smallest absolute Gasteiger partial charge is 0.314 e. The molecule has 5 aliphatic rings. The zero-order valence-corrected chi connectivity index (χ0v) is 22.5. The summed E-state index contributed by atoms with van der Waals surface area (Å²) in [7, 11) is 0. The van der Waals surface area contributed by atoms with Crippen LogP contribution >= 0.6 is 0 Å². The van der Waals surface area contributed by atoms with Crippen LogP contribution in [0.2, 0.25) is 0 Å². The number of ether oxygens (including phenoxy) is 1. The molecular formula is C30H46O4. The number of allylic oxidation sites excluding steroid dienone is 4. The van der Waals surface area contributed by atoms with Gasteiger partial charge in [0.1, 0.15) is 5.60 Å². The summed E-state index contributed by atoms with van der Waals surface area (Å²) in [5, 5.41) is 20.7. The van der Waals surface area contributed by atoms with Gasteiger partial charge in [0.2, 0.25) is 0 Å². The summed E-state index contributed by atoms with van der Waals surface area (Å²) >= 11 is 0. The summed E-state index contributed by atoms with van der Waals surface area (Å²) in [4.78, 5) is 13.9. The van der Waals surface area contributed by atoms with Crippen molar-refractivity contribution in [3.05, 3.63) is 23.3 Å². The standard InChI is InChI=1S/C30H46O4/c1-25(2)18-21-20(27(5)14-9-19(31)17-23(25)27)10-16-30-22(11-15-28(21,30)6)29(7,34-24(30)32)13-8-12-26(3,4)33/h10,18-19,22-23,31,33H,8-9,11-17H2,1-7H3. The van der Waals surface area contributed by atoms with E-state index < -0.39 is 16.6 Å². The van der Waals surface area contributed by atoms with Crippen molar-refractivity contribution < 1.29 is 19.7 Å². The number of hydrogen-bond acceptors (Lipinski definition) is 4. The Hall–Kier alpha value is -1.13. The molecule has 0 radical (unpaired) electrons. The number of fused-ring (bicyclic) bond motifs is 4. The van der Waals surface area contributed by atoms with Crippen LogP contribution in [0, 0.1) is 33.5 Å². The van der Waals surface area contributed by atoms with Crippen LogP contribution in [0.1, 0.15) is 106 Å². The van der Waals surface area contributed by atoms with Crippen LogP contribution < -0.4 is 0 Å². The van der Waals surface area contributed by atoms with E-state index in [0.29, 0.717) is 12.3 Å². The molecular weight excluding hydrogens is 424 g/mol. The van der Waals surface area contributed by atoms with Crippen LogP contribution in [0.4, 0.5) is 0 Å². The molecule has 1 spiro atoms. The molecule has 1 saturated heterocycles. The number of hydrogen-bond donors (Lipinski definition) is 2. The molecule has 7 unspecified atom stereocenters. The van der Waals surface area contributed by atoms with Crippen LogP contribution in [0.15, 0.2) is 23.3 Å². The molecule has 0 aromatic carbocycles. The minimum atomic E-state index is -0.693. The van der Waals surface area contributed by atoms with Crippen molar-refractivity contribution in [3.8, 4) is 0 Å². The van der Waals surface area contributed by atoms with Gasteiger partial charge < -0.3 is 14.9 Å². The SMILES string of the molecule is CC(C)(O)CCCC1(C)OC(=O)C23CC=C4C(=CC(C)(C)C5CC(O)CCC45C)C2(C)CCC13. The molecule has 4 heteroatoms. The van der Waals surface area contributed by atoms with Crippen molar-refractivity contribution in [2.45, 2.75) is 124 Å². The van der Waals surface area contributed by atoms with Crippen LogP contribution in [0.5, 0.6) is 0 Å². The number of aliphatic hydroxyl groups excluding tert-OH is 1. The van der Waals surface area contributed by atoms with Crippen molar-refractivity contribution >= 4 is 5.97 Å². The van der Waals surface area contributed by atoms with Gasteiger partial charge in [-0.3, -0.25) is 4.79 Å². The fraction of sp³-hybridized carbons (Fsp3) is 0.833. The van der Waals surface area contributed by atoms with Crippen LogP contribution in [-0.2, 0) is 9.53 Å². The Balaban J connectivity index is 1.55. The first-order valence-corrected chi connectivity index (χ1v) is 13.7. The van der Waals surface area contributed by atoms with Gasteiger partial charge in [0.05, 0.1) is 17.1 Å². The van der Waals surface area contributed by atoms with Crippen molar-refractivity contribution in [1.82, 2.24) is 0 Å². The lowest BCUT2D eigenvalue weighted by atomic mass is 9.43. The predicted octanol–water partition coefficient (Wildman–Crippen LogP) is 6.11. The van der Waals surface area contributed by atoms with Crippen LogP contribution in [-0.4, -0.2) is 33.5 Å². The van der Waals surface area contributed by atoms with Gasteiger partial charge in [0.15, 0.2) is 0 Å². The van der Waals surface area contributed by atoms with Crippen molar-refractivity contribution in [1.29, 1.82) is 0 Å². The second kappa shape index (κ2) is 7.22. The number of carbonyl (C=O) groups excluding carboxylic acids is 1. The third-order valence-corrected chi connectivity index (χ3v) is 11.2. The lowest BCUT2D eigenvalue weighted by Crippen LogP contribution is -2.54. The summed E-state index contributed by atoms with van der Waals surface area (Å²) in [6.07, 6.45) is 12.6. The number of rotatable bonds is 4. The van der Waals surface area contributed by atoms with E-state index in [1.54, 1.807) is 0 Å². The Bertz CT molecular complexity index is 953. The van der Waals surface area contributed by atoms with Crippen molar-refractivity contribution in [2.24, 2.45) is 33.5 Å². The maximum atomic E-state index is 13.9. The maximum Gasteiger partial charge on any atom is 0.314 e. The van der Waals surface area contributed by atoms with Gasteiger partial charge in [0, 0.05) is 11.3 Å². The second-order valence-electron chi connectivity index (χ2n) is 14.4. The summed E-state index contributed by atoms with van der Waals surface area (Å²) < 4.78 is 6.32. The first-order chi connectivity index (χ1) is 15.6. The fourth-order valence-electron chi connectivity index (χ4n) is 9.44. The van der Waals surface area contributed by atoms with E-state index in [2.05, 4.69) is 46.8 Å². The summed E-state index contributed by atoms with van der Waals surface area (Å²) in [5.41, 5.74) is 1.03. The lowest BCUT2D eigenvalue weighted by molar-refractivity contribution is -0.158. The van der Waals surface area contributed by atoms with E-state index >= 15 is 0 Å². The Morgan fingerprint density at radius 2 is 1.76 bits per heavy atom. The monoisotopic (exact) mass is 470 g/mol. The average Bonchev–Trinajstić information content (AvgIpc) is 3.14. The van der Waals surface area contributed by atoms with Gasteiger partial charge in [-0.2, -0.15) is 0 Å². The Morgan fingerprint density at radius 1 is 1.06 bits per heavy atom. The largest absolute Gasteiger partial charge is 0.459 e. The van der Waals surface area contributed by atoms with Gasteiger partial charge in [-0.1, -0.05) is 39.8 Å². The molecule has 190 valence electrons. The van der Waals surface area contributed by atoms with Crippen molar-refractivity contribution in [2.75, 3.05) is 0 Å². The second-order valence-corrected chi connectivity index (χ2v) is 14.4. The lowest BCUT2D eigenvalue weighted by Gasteiger charge is -2.60. The molecule has 34 heavy (non-hydrogen) atoms. The third-order valence-electron chi connectivity index (χ3n) is 11.2. The third kappa shape index (κ3) is 3.13. The topological polar surface area (TPSA) is 66.8 Å². The van der Waals surface area contributed by atoms with Crippen LogP contribution in [0.25, 0.3) is 0 Å². The molecule has 2 saturated carbocycles. The minimum absolute atomic E-state index is 0.00334. The fourth-order valence-corrected chi connectivity index (χ4v) is 9.44. The van der Waals surface area contributed by atoms with Gasteiger partial charge in [-0.25, -0.2) is 0 Å². The van der Waals surface area contributed by atoms with Crippen molar-refractivity contribution in [3.63, 3.8) is 0 Å². The van der Waals surface area contributed by atoms with E-state index in [4.69, 9.17) is 4.74 Å². The molecule has 5 rings (SSSR count). The molecule has 2 N–H and O–H groups in total. The van der Waals surface area contributed by atoms with E-state index in [1.807, 2.05) is 13.8 Å². The summed E-state index contributed by atoms with van der Waals surface area (Å²) in [6, 6.07) is 0. The van der Waals surface area contributed by atoms with E-state index in [1.165, 1.54) is 11.1 Å². The number of carbonyl (C=O) groups is 1. The first kappa shape index (κ1) is 24.6. The highest BCUT2D eigenvalue weighted by molar-refractivity contribution is 5.84. The Kier molecular flexibility index (Phi) is 5.21. The molecule has 1 heterocycles. The summed E-state index contributed by atoms with van der Waals surface area (Å²) in [6.45, 7) is 15.3. The predicted molar refractivity (Wildman–Crippen MR) is 134 cm³/mol. The highest BCUT2D eigenvalue weighted by Gasteiger charge is 2.75. The highest BCUT2D eigenvalue weighted by atomic mass is 16.6. The van der Waals surface area contributed by atoms with E-state index in [-0.39, 0.29) is 34.2 Å². The number of aliphatic hydroxyl groups is 2. The van der Waals surface area contributed by atoms with Gasteiger partial charge in [0.25, 0.3) is 0 Å². The minimum Gasteiger partial charge on any atom is -0.459 e. The molecule has 1 aliphatic heterocycles. The Morgan fingerprint density at radius 3 is 2.44 bits per heavy atom. The molecule has 3 fully saturated rings. The molecule has 4 nitrogen and oxygen atoms in total. The van der Waals surface area contributed by atoms with Gasteiger partial charge in [-0.05, 0) is 106 Å². The Labute approximate surface area is 206 Å². The zero-order chi connectivity index (χ0) is 24.9. The number of cyclic esters (lactones) is 1. The van der Waals surface area contributed by atoms with E-state index in [0.717, 1.165) is 51.4 Å². The average molecular weight is 471 g/mol. The molecule has 0 amide bonds. The maximum absolute atomic E-state index is 13.9. The summed E-state index contributed by atoms with van der Waals surface area (Å²) in [5.74, 6) is 0.625. The number of esters is 1. The normalized spacial score (nSPS) is 47.1. The zero-order valence-electron chi connectivity index (χ0n) is 22.5. The first-order valence-electron chi connectivity index (χ1n) is 13.7. The van der Waals surface area contributed by atoms with E-state index in [9.17, 15) is 15.0 Å². The molecule has 0 aromatic rings. The molecule has 0 bridgehead atoms. The molecule has 7 atom stereocenters. The quantitative estimate of drug-likeness (QED) is 0.487. The van der Waals surface area contributed by atoms with Gasteiger partial charge in [-0.15, -0.1) is 0 Å². The highest BCUT2D eigenvalue weighted by Crippen LogP contribution is 2.75. The molecule has 0 aromatic heterocycles. The molecule has 4 aliphatic carbocycles.